The van der Waals surface area contributed by atoms with Crippen molar-refractivity contribution in [3.05, 3.63) is 18.3 Å². The quantitative estimate of drug-likeness (QED) is 0.787. The lowest BCUT2D eigenvalue weighted by atomic mass is 9.79. The summed E-state index contributed by atoms with van der Waals surface area (Å²) in [7, 11) is -0.311. The summed E-state index contributed by atoms with van der Waals surface area (Å²) < 4.78 is 12.3. The molecule has 2 aliphatic rings. The van der Waals surface area contributed by atoms with E-state index in [0.29, 0.717) is 0 Å². The molecule has 1 atom stereocenters. The molecule has 1 aromatic heterocycles. The lowest BCUT2D eigenvalue weighted by molar-refractivity contribution is 0.00578. The molecule has 120 valence electrons. The van der Waals surface area contributed by atoms with Crippen molar-refractivity contribution < 1.29 is 9.31 Å². The van der Waals surface area contributed by atoms with Gasteiger partial charge in [0, 0.05) is 19.3 Å². The fourth-order valence-corrected chi connectivity index (χ4v) is 3.13. The third-order valence-corrected chi connectivity index (χ3v) is 5.28. The van der Waals surface area contributed by atoms with Gasteiger partial charge >= 0.3 is 7.12 Å². The molecule has 3 heterocycles. The van der Waals surface area contributed by atoms with Crippen molar-refractivity contribution in [1.29, 1.82) is 0 Å². The Morgan fingerprint density at radius 3 is 2.55 bits per heavy atom. The fraction of sp³-hybridized carbons (Fsp3) is 0.706. The minimum absolute atomic E-state index is 0.305. The maximum absolute atomic E-state index is 6.15. The van der Waals surface area contributed by atoms with Crippen LogP contribution in [0.25, 0.3) is 0 Å². The lowest BCUT2D eigenvalue weighted by Gasteiger charge is -2.32. The van der Waals surface area contributed by atoms with Gasteiger partial charge in [-0.15, -0.1) is 0 Å². The number of aromatic nitrogens is 1. The highest BCUT2D eigenvalue weighted by Gasteiger charge is 2.51. The Balaban J connectivity index is 1.80. The zero-order valence-electron chi connectivity index (χ0n) is 14.4. The van der Waals surface area contributed by atoms with Gasteiger partial charge in [0.2, 0.25) is 0 Å². The van der Waals surface area contributed by atoms with Crippen molar-refractivity contribution in [1.82, 2.24) is 4.98 Å². The Bertz CT molecular complexity index is 531. The van der Waals surface area contributed by atoms with E-state index in [9.17, 15) is 0 Å². The molecule has 0 bridgehead atoms. The van der Waals surface area contributed by atoms with Crippen LogP contribution in [0.4, 0.5) is 5.82 Å². The minimum atomic E-state index is -0.311. The Kier molecular flexibility index (Phi) is 3.98. The van der Waals surface area contributed by atoms with Crippen LogP contribution in [-0.4, -0.2) is 36.4 Å². The predicted molar refractivity (Wildman–Crippen MR) is 90.6 cm³/mol. The summed E-state index contributed by atoms with van der Waals surface area (Å²) >= 11 is 0. The van der Waals surface area contributed by atoms with Crippen LogP contribution < -0.4 is 10.4 Å². The first kappa shape index (κ1) is 15.8. The monoisotopic (exact) mass is 302 g/mol. The Morgan fingerprint density at radius 1 is 1.23 bits per heavy atom. The summed E-state index contributed by atoms with van der Waals surface area (Å²) in [5.74, 6) is 1.77. The van der Waals surface area contributed by atoms with E-state index in [4.69, 9.17) is 9.31 Å². The molecule has 0 aliphatic carbocycles. The van der Waals surface area contributed by atoms with E-state index in [1.807, 2.05) is 12.3 Å². The SMILES string of the molecule is C[C@@H]1CCCN(c2cc(B3OC(C)(C)C(C)(C)O3)ccn2)C1. The predicted octanol–water partition coefficient (Wildman–Crippen LogP) is 2.62. The largest absolute Gasteiger partial charge is 0.495 e. The van der Waals surface area contributed by atoms with Crippen LogP contribution in [0.2, 0.25) is 0 Å². The standard InChI is InChI=1S/C17H27BN2O2/c1-13-7-6-10-20(12-13)15-11-14(8-9-19-15)18-21-16(2,3)17(4,5)22-18/h8-9,11,13H,6-7,10,12H2,1-5H3/t13-/m1/s1. The molecule has 22 heavy (non-hydrogen) atoms. The second kappa shape index (κ2) is 5.53. The lowest BCUT2D eigenvalue weighted by Crippen LogP contribution is -2.41. The number of piperidine rings is 1. The Morgan fingerprint density at radius 2 is 1.91 bits per heavy atom. The van der Waals surface area contributed by atoms with Gasteiger partial charge in [0.25, 0.3) is 0 Å². The number of hydrogen-bond acceptors (Lipinski definition) is 4. The molecule has 2 fully saturated rings. The third kappa shape index (κ3) is 2.89. The van der Waals surface area contributed by atoms with Gasteiger partial charge in [-0.05, 0) is 64.1 Å². The number of nitrogens with zero attached hydrogens (tertiary/aromatic N) is 2. The number of hydrogen-bond donors (Lipinski definition) is 0. The van der Waals surface area contributed by atoms with Gasteiger partial charge in [0.1, 0.15) is 5.82 Å². The zero-order chi connectivity index (χ0) is 16.0. The highest BCUT2D eigenvalue weighted by atomic mass is 16.7. The maximum atomic E-state index is 6.15. The number of anilines is 1. The van der Waals surface area contributed by atoms with Crippen LogP contribution in [0.3, 0.4) is 0 Å². The summed E-state index contributed by atoms with van der Waals surface area (Å²) in [4.78, 5) is 6.93. The van der Waals surface area contributed by atoms with Crippen LogP contribution >= 0.6 is 0 Å². The first-order valence-corrected chi connectivity index (χ1v) is 8.35. The van der Waals surface area contributed by atoms with E-state index in [2.05, 4.69) is 50.6 Å². The van der Waals surface area contributed by atoms with Crippen molar-refractivity contribution >= 4 is 18.4 Å². The molecule has 0 radical (unpaired) electrons. The number of rotatable bonds is 2. The van der Waals surface area contributed by atoms with E-state index in [1.54, 1.807) is 0 Å². The molecule has 0 spiro atoms. The van der Waals surface area contributed by atoms with Gasteiger partial charge in [-0.25, -0.2) is 4.98 Å². The molecule has 0 unspecified atom stereocenters. The molecule has 1 aromatic rings. The Labute approximate surface area is 134 Å². The van der Waals surface area contributed by atoms with Crippen molar-refractivity contribution in [2.45, 2.75) is 58.7 Å². The normalized spacial score (nSPS) is 27.2. The van der Waals surface area contributed by atoms with E-state index in [-0.39, 0.29) is 18.3 Å². The summed E-state index contributed by atoms with van der Waals surface area (Å²) in [6.07, 6.45) is 4.42. The van der Waals surface area contributed by atoms with Gasteiger partial charge in [0.15, 0.2) is 0 Å². The average Bonchev–Trinajstić information content (AvgIpc) is 2.68. The molecular formula is C17H27BN2O2. The minimum Gasteiger partial charge on any atom is -0.399 e. The van der Waals surface area contributed by atoms with Crippen LogP contribution in [0, 0.1) is 5.92 Å². The zero-order valence-corrected chi connectivity index (χ0v) is 14.4. The molecule has 0 saturated carbocycles. The third-order valence-electron chi connectivity index (χ3n) is 5.28. The summed E-state index contributed by atoms with van der Waals surface area (Å²) in [6.45, 7) is 12.8. The van der Waals surface area contributed by atoms with Crippen molar-refractivity contribution in [3.8, 4) is 0 Å². The second-order valence-electron chi connectivity index (χ2n) is 7.73. The van der Waals surface area contributed by atoms with Crippen molar-refractivity contribution in [3.63, 3.8) is 0 Å². The smallest absolute Gasteiger partial charge is 0.399 e. The van der Waals surface area contributed by atoms with Crippen molar-refractivity contribution in [2.75, 3.05) is 18.0 Å². The van der Waals surface area contributed by atoms with Crippen LogP contribution in [0.15, 0.2) is 18.3 Å². The first-order chi connectivity index (χ1) is 10.3. The number of pyridine rings is 1. The van der Waals surface area contributed by atoms with Crippen LogP contribution in [-0.2, 0) is 9.31 Å². The summed E-state index contributed by atoms with van der Waals surface area (Å²) in [6, 6.07) is 4.12. The summed E-state index contributed by atoms with van der Waals surface area (Å²) in [5, 5.41) is 0. The highest BCUT2D eigenvalue weighted by Crippen LogP contribution is 2.36. The van der Waals surface area contributed by atoms with Crippen LogP contribution in [0.1, 0.15) is 47.5 Å². The molecule has 4 nitrogen and oxygen atoms in total. The van der Waals surface area contributed by atoms with Gasteiger partial charge in [0.05, 0.1) is 11.2 Å². The fourth-order valence-electron chi connectivity index (χ4n) is 3.13. The highest BCUT2D eigenvalue weighted by molar-refractivity contribution is 6.62. The first-order valence-electron chi connectivity index (χ1n) is 8.35. The molecule has 2 aliphatic heterocycles. The van der Waals surface area contributed by atoms with Crippen molar-refractivity contribution in [2.24, 2.45) is 5.92 Å². The molecule has 0 amide bonds. The van der Waals surface area contributed by atoms with E-state index in [1.165, 1.54) is 12.8 Å². The Hall–Kier alpha value is -1.07. The van der Waals surface area contributed by atoms with Gasteiger partial charge in [-0.1, -0.05) is 6.92 Å². The molecule has 0 aromatic carbocycles. The van der Waals surface area contributed by atoms with Gasteiger partial charge in [-0.3, -0.25) is 0 Å². The molecular weight excluding hydrogens is 275 g/mol. The average molecular weight is 302 g/mol. The maximum Gasteiger partial charge on any atom is 0.495 e. The van der Waals surface area contributed by atoms with E-state index < -0.39 is 0 Å². The summed E-state index contributed by atoms with van der Waals surface area (Å²) in [5.41, 5.74) is 0.448. The van der Waals surface area contributed by atoms with Crippen LogP contribution in [0.5, 0.6) is 0 Å². The van der Waals surface area contributed by atoms with Gasteiger partial charge < -0.3 is 14.2 Å². The molecule has 5 heteroatoms. The van der Waals surface area contributed by atoms with E-state index in [0.717, 1.165) is 30.3 Å². The second-order valence-corrected chi connectivity index (χ2v) is 7.73. The molecule has 3 rings (SSSR count). The van der Waals surface area contributed by atoms with Gasteiger partial charge in [-0.2, -0.15) is 0 Å². The topological polar surface area (TPSA) is 34.6 Å². The molecule has 0 N–H and O–H groups in total. The molecule has 2 saturated heterocycles. The van der Waals surface area contributed by atoms with E-state index >= 15 is 0 Å².